The zero-order valence-corrected chi connectivity index (χ0v) is 17.6. The molecule has 0 saturated carbocycles. The molecule has 6 nitrogen and oxygen atoms in total. The van der Waals surface area contributed by atoms with Crippen LogP contribution in [0.1, 0.15) is 47.7 Å². The van der Waals surface area contributed by atoms with Crippen LogP contribution in [0.5, 0.6) is 0 Å². The zero-order chi connectivity index (χ0) is 21.2. The van der Waals surface area contributed by atoms with Crippen molar-refractivity contribution in [2.45, 2.75) is 39.0 Å². The Morgan fingerprint density at radius 1 is 0.903 bits per heavy atom. The first-order valence-corrected chi connectivity index (χ1v) is 10.8. The fourth-order valence-corrected chi connectivity index (χ4v) is 4.12. The maximum absolute atomic E-state index is 13.6. The molecule has 5 heterocycles. The lowest BCUT2D eigenvalue weighted by molar-refractivity contribution is 0.571. The summed E-state index contributed by atoms with van der Waals surface area (Å²) in [6.07, 6.45) is 10.6. The van der Waals surface area contributed by atoms with E-state index in [9.17, 15) is 4.39 Å². The van der Waals surface area contributed by atoms with Crippen LogP contribution in [-0.4, -0.2) is 37.4 Å². The van der Waals surface area contributed by atoms with Gasteiger partial charge in [0, 0.05) is 49.9 Å². The Bertz CT molecular complexity index is 1210. The molecule has 31 heavy (non-hydrogen) atoms. The third-order valence-corrected chi connectivity index (χ3v) is 5.76. The van der Waals surface area contributed by atoms with Crippen LogP contribution in [0.2, 0.25) is 0 Å². The predicted molar refractivity (Wildman–Crippen MR) is 118 cm³/mol. The van der Waals surface area contributed by atoms with E-state index in [-0.39, 0.29) is 5.82 Å². The number of hydrogen-bond acceptors (Lipinski definition) is 5. The minimum absolute atomic E-state index is 0.290. The molecule has 4 aromatic heterocycles. The van der Waals surface area contributed by atoms with Gasteiger partial charge in [0.25, 0.3) is 0 Å². The average molecular weight is 417 g/mol. The van der Waals surface area contributed by atoms with Gasteiger partial charge >= 0.3 is 0 Å². The quantitative estimate of drug-likeness (QED) is 0.489. The molecule has 0 radical (unpaired) electrons. The Labute approximate surface area is 180 Å². The molecule has 0 N–H and O–H groups in total. The molecule has 0 spiro atoms. The van der Waals surface area contributed by atoms with Gasteiger partial charge in [-0.25, -0.2) is 19.3 Å². The van der Waals surface area contributed by atoms with E-state index in [1.165, 1.54) is 25.3 Å². The number of hydrogen-bond donors (Lipinski definition) is 0. The Kier molecular flexibility index (Phi) is 5.32. The fraction of sp³-hybridized carbons (Fsp3) is 0.333. The van der Waals surface area contributed by atoms with Gasteiger partial charge in [-0.2, -0.15) is 0 Å². The topological polar surface area (TPSA) is 59.2 Å². The number of nitrogens with zero attached hydrogens (tertiary/aromatic N) is 6. The molecule has 1 aliphatic rings. The smallest absolute Gasteiger partial charge is 0.144 e. The summed E-state index contributed by atoms with van der Waals surface area (Å²) in [5.41, 5.74) is 4.23. The predicted octanol–water partition coefficient (Wildman–Crippen LogP) is 4.14. The van der Waals surface area contributed by atoms with Gasteiger partial charge in [0.15, 0.2) is 0 Å². The van der Waals surface area contributed by atoms with Gasteiger partial charge in [-0.1, -0.05) is 0 Å². The van der Waals surface area contributed by atoms with Crippen LogP contribution >= 0.6 is 0 Å². The number of imidazole rings is 1. The summed E-state index contributed by atoms with van der Waals surface area (Å²) >= 11 is 0. The first kappa shape index (κ1) is 19.6. The van der Waals surface area contributed by atoms with Crippen LogP contribution in [0.4, 0.5) is 10.2 Å². The minimum atomic E-state index is -0.290. The van der Waals surface area contributed by atoms with Crippen molar-refractivity contribution in [3.63, 3.8) is 0 Å². The highest BCUT2D eigenvalue weighted by atomic mass is 19.1. The summed E-state index contributed by atoms with van der Waals surface area (Å²) in [6.45, 7) is 3.72. The molecule has 1 fully saturated rings. The zero-order valence-electron chi connectivity index (χ0n) is 17.6. The third kappa shape index (κ3) is 4.40. The molecule has 0 atom stereocenters. The SMILES string of the molecule is Cc1nc(Cc2nc(Cc3ccn4ccnc4c3)cc(N3CCCCC3)n2)ccc1F. The van der Waals surface area contributed by atoms with E-state index < -0.39 is 0 Å². The van der Waals surface area contributed by atoms with Crippen molar-refractivity contribution in [2.75, 3.05) is 18.0 Å². The lowest BCUT2D eigenvalue weighted by atomic mass is 10.1. The normalized spacial score (nSPS) is 14.3. The molecule has 0 unspecified atom stereocenters. The van der Waals surface area contributed by atoms with E-state index in [4.69, 9.17) is 9.97 Å². The molecule has 4 aromatic rings. The second-order valence-corrected chi connectivity index (χ2v) is 8.13. The molecular weight excluding hydrogens is 391 g/mol. The number of anilines is 1. The maximum atomic E-state index is 13.6. The van der Waals surface area contributed by atoms with E-state index in [0.29, 0.717) is 18.5 Å². The Morgan fingerprint density at radius 2 is 1.77 bits per heavy atom. The van der Waals surface area contributed by atoms with Crippen molar-refractivity contribution in [1.29, 1.82) is 0 Å². The van der Waals surface area contributed by atoms with E-state index >= 15 is 0 Å². The van der Waals surface area contributed by atoms with E-state index in [2.05, 4.69) is 33.1 Å². The fourth-order valence-electron chi connectivity index (χ4n) is 4.12. The van der Waals surface area contributed by atoms with Crippen LogP contribution in [0.15, 0.2) is 48.9 Å². The van der Waals surface area contributed by atoms with Crippen molar-refractivity contribution >= 4 is 11.5 Å². The number of fused-ring (bicyclic) bond motifs is 1. The number of pyridine rings is 2. The van der Waals surface area contributed by atoms with Gasteiger partial charge in [-0.05, 0) is 56.0 Å². The monoisotopic (exact) mass is 416 g/mol. The van der Waals surface area contributed by atoms with Crippen molar-refractivity contribution in [2.24, 2.45) is 0 Å². The van der Waals surface area contributed by atoms with Crippen LogP contribution < -0.4 is 4.90 Å². The van der Waals surface area contributed by atoms with Crippen LogP contribution in [-0.2, 0) is 12.8 Å². The second-order valence-electron chi connectivity index (χ2n) is 8.13. The number of halogens is 1. The molecule has 0 bridgehead atoms. The van der Waals surface area contributed by atoms with E-state index in [1.54, 1.807) is 19.2 Å². The van der Waals surface area contributed by atoms with Gasteiger partial charge < -0.3 is 9.30 Å². The molecule has 5 rings (SSSR count). The summed E-state index contributed by atoms with van der Waals surface area (Å²) in [4.78, 5) is 20.8. The molecule has 7 heteroatoms. The van der Waals surface area contributed by atoms with Gasteiger partial charge in [0.1, 0.15) is 23.1 Å². The van der Waals surface area contributed by atoms with Crippen LogP contribution in [0.3, 0.4) is 0 Å². The van der Waals surface area contributed by atoms with Crippen molar-refractivity contribution in [3.05, 3.63) is 83.2 Å². The molecule has 0 amide bonds. The third-order valence-electron chi connectivity index (χ3n) is 5.76. The Morgan fingerprint density at radius 3 is 2.61 bits per heavy atom. The van der Waals surface area contributed by atoms with Crippen LogP contribution in [0, 0.1) is 12.7 Å². The molecule has 158 valence electrons. The minimum Gasteiger partial charge on any atom is -0.357 e. The average Bonchev–Trinajstić information content (AvgIpc) is 3.25. The van der Waals surface area contributed by atoms with Gasteiger partial charge in [-0.3, -0.25) is 4.98 Å². The van der Waals surface area contributed by atoms with Gasteiger partial charge in [0.05, 0.1) is 17.8 Å². The van der Waals surface area contributed by atoms with Crippen LogP contribution in [0.25, 0.3) is 5.65 Å². The Hall–Kier alpha value is -3.35. The van der Waals surface area contributed by atoms with Crippen molar-refractivity contribution < 1.29 is 4.39 Å². The number of aromatic nitrogens is 5. The van der Waals surface area contributed by atoms with E-state index in [1.807, 2.05) is 16.8 Å². The lowest BCUT2D eigenvalue weighted by Gasteiger charge is -2.28. The standard InChI is InChI=1S/C24H25FN6/c1-17-21(25)6-5-19(27-17)15-22-28-20(16-24(29-22)30-9-3-2-4-10-30)13-18-7-11-31-12-8-26-23(31)14-18/h5-8,11-12,14,16H,2-4,9-10,13,15H2,1H3. The molecular formula is C24H25FN6. The molecule has 1 aliphatic heterocycles. The van der Waals surface area contributed by atoms with E-state index in [0.717, 1.165) is 47.3 Å². The van der Waals surface area contributed by atoms with Gasteiger partial charge in [-0.15, -0.1) is 0 Å². The number of aryl methyl sites for hydroxylation is 1. The van der Waals surface area contributed by atoms with Crippen molar-refractivity contribution in [1.82, 2.24) is 24.3 Å². The molecule has 0 aromatic carbocycles. The van der Waals surface area contributed by atoms with Crippen molar-refractivity contribution in [3.8, 4) is 0 Å². The Balaban J connectivity index is 1.47. The highest BCUT2D eigenvalue weighted by molar-refractivity contribution is 5.45. The van der Waals surface area contributed by atoms with Gasteiger partial charge in [0.2, 0.25) is 0 Å². The number of piperidine rings is 1. The molecule has 1 saturated heterocycles. The number of rotatable bonds is 5. The molecule has 0 aliphatic carbocycles. The second kappa shape index (κ2) is 8.41. The highest BCUT2D eigenvalue weighted by Crippen LogP contribution is 2.21. The maximum Gasteiger partial charge on any atom is 0.144 e. The summed E-state index contributed by atoms with van der Waals surface area (Å²) in [6, 6.07) is 9.47. The lowest BCUT2D eigenvalue weighted by Crippen LogP contribution is -2.30. The largest absolute Gasteiger partial charge is 0.357 e. The summed E-state index contributed by atoms with van der Waals surface area (Å²) < 4.78 is 15.6. The summed E-state index contributed by atoms with van der Waals surface area (Å²) in [5.74, 6) is 1.40. The first-order valence-electron chi connectivity index (χ1n) is 10.8. The first-order chi connectivity index (χ1) is 15.1. The summed E-state index contributed by atoms with van der Waals surface area (Å²) in [5, 5.41) is 0. The summed E-state index contributed by atoms with van der Waals surface area (Å²) in [7, 11) is 0. The highest BCUT2D eigenvalue weighted by Gasteiger charge is 2.16.